The van der Waals surface area contributed by atoms with Gasteiger partial charge in [-0.25, -0.2) is 19.9 Å². The lowest BCUT2D eigenvalue weighted by molar-refractivity contribution is 1.07. The van der Waals surface area contributed by atoms with Gasteiger partial charge in [-0.3, -0.25) is 0 Å². The Morgan fingerprint density at radius 2 is 1.05 bits per heavy atom. The highest BCUT2D eigenvalue weighted by atomic mass is 32.1. The average molecular weight is 493 g/mol. The molecular formula is C32H20N4S. The van der Waals surface area contributed by atoms with Crippen molar-refractivity contribution in [3.63, 3.8) is 0 Å². The first-order chi connectivity index (χ1) is 18.3. The van der Waals surface area contributed by atoms with Crippen molar-refractivity contribution in [1.29, 1.82) is 0 Å². The molecule has 5 aromatic carbocycles. The minimum Gasteiger partial charge on any atom is -0.236 e. The Bertz CT molecular complexity index is 1820. The fourth-order valence-electron chi connectivity index (χ4n) is 4.53. The van der Waals surface area contributed by atoms with Gasteiger partial charge in [0, 0.05) is 22.3 Å². The molecule has 0 saturated heterocycles. The molecule has 2 aromatic heterocycles. The van der Waals surface area contributed by atoms with Crippen LogP contribution in [0.5, 0.6) is 0 Å². The number of benzene rings is 5. The van der Waals surface area contributed by atoms with Crippen LogP contribution < -0.4 is 0 Å². The molecule has 0 N–H and O–H groups in total. The fraction of sp³-hybridized carbons (Fsp3) is 0. The molecule has 0 aliphatic heterocycles. The molecule has 5 heteroatoms. The number of hydrogen-bond donors (Lipinski definition) is 0. The van der Waals surface area contributed by atoms with Crippen LogP contribution in [0.3, 0.4) is 0 Å². The summed E-state index contributed by atoms with van der Waals surface area (Å²) < 4.78 is 1.10. The summed E-state index contributed by atoms with van der Waals surface area (Å²) in [4.78, 5) is 19.5. The van der Waals surface area contributed by atoms with Gasteiger partial charge >= 0.3 is 0 Å². The lowest BCUT2D eigenvalue weighted by Gasteiger charge is -2.08. The van der Waals surface area contributed by atoms with E-state index in [0.29, 0.717) is 17.5 Å². The van der Waals surface area contributed by atoms with E-state index in [4.69, 9.17) is 19.9 Å². The largest absolute Gasteiger partial charge is 0.236 e. The monoisotopic (exact) mass is 492 g/mol. The summed E-state index contributed by atoms with van der Waals surface area (Å²) in [7, 11) is 0. The van der Waals surface area contributed by atoms with Gasteiger partial charge in [-0.05, 0) is 29.0 Å². The maximum absolute atomic E-state index is 4.96. The van der Waals surface area contributed by atoms with Crippen molar-refractivity contribution >= 4 is 32.3 Å². The zero-order chi connectivity index (χ0) is 24.6. The predicted molar refractivity (Wildman–Crippen MR) is 152 cm³/mol. The topological polar surface area (TPSA) is 51.6 Å². The second-order valence-corrected chi connectivity index (χ2v) is 9.80. The molecule has 0 bridgehead atoms. The smallest absolute Gasteiger partial charge is 0.164 e. The van der Waals surface area contributed by atoms with Crippen molar-refractivity contribution in [3.8, 4) is 44.7 Å². The van der Waals surface area contributed by atoms with E-state index in [9.17, 15) is 0 Å². The number of fused-ring (bicyclic) bond motifs is 2. The summed E-state index contributed by atoms with van der Waals surface area (Å²) in [6.07, 6.45) is 0. The molecule has 0 aliphatic rings. The van der Waals surface area contributed by atoms with Crippen molar-refractivity contribution in [2.75, 3.05) is 0 Å². The molecule has 0 atom stereocenters. The van der Waals surface area contributed by atoms with Gasteiger partial charge < -0.3 is 0 Å². The Morgan fingerprint density at radius 1 is 0.459 bits per heavy atom. The molecule has 4 nitrogen and oxygen atoms in total. The second kappa shape index (κ2) is 9.04. The fourth-order valence-corrected chi connectivity index (χ4v) is 5.57. The third-order valence-electron chi connectivity index (χ3n) is 6.37. The number of aromatic nitrogens is 4. The molecule has 37 heavy (non-hydrogen) atoms. The summed E-state index contributed by atoms with van der Waals surface area (Å²) in [6, 6.07) is 41.1. The number of rotatable bonds is 4. The molecule has 0 fully saturated rings. The van der Waals surface area contributed by atoms with Crippen LogP contribution in [0.1, 0.15) is 0 Å². The SMILES string of the molecule is c1ccc(-c2nc(-c3ccccc3)nc(-c3ccc4nc(-c5cccc6ccccc56)sc4c3)n2)cc1. The highest BCUT2D eigenvalue weighted by Crippen LogP contribution is 2.36. The second-order valence-electron chi connectivity index (χ2n) is 8.77. The minimum atomic E-state index is 0.648. The van der Waals surface area contributed by atoms with Gasteiger partial charge in [-0.2, -0.15) is 0 Å². The molecule has 0 aliphatic carbocycles. The number of nitrogens with zero attached hydrogens (tertiary/aromatic N) is 4. The first-order valence-electron chi connectivity index (χ1n) is 12.1. The Kier molecular flexibility index (Phi) is 5.26. The van der Waals surface area contributed by atoms with Gasteiger partial charge in [0.1, 0.15) is 5.01 Å². The van der Waals surface area contributed by atoms with Crippen molar-refractivity contribution in [2.45, 2.75) is 0 Å². The molecule has 0 unspecified atom stereocenters. The molecule has 2 heterocycles. The van der Waals surface area contributed by atoms with Gasteiger partial charge in [0.2, 0.25) is 0 Å². The van der Waals surface area contributed by atoms with Gasteiger partial charge in [0.15, 0.2) is 17.5 Å². The van der Waals surface area contributed by atoms with E-state index < -0.39 is 0 Å². The molecule has 174 valence electrons. The summed E-state index contributed by atoms with van der Waals surface area (Å²) >= 11 is 1.69. The molecule has 0 amide bonds. The van der Waals surface area contributed by atoms with Crippen LogP contribution in [0, 0.1) is 0 Å². The van der Waals surface area contributed by atoms with Crippen LogP contribution in [0.25, 0.3) is 65.7 Å². The Morgan fingerprint density at radius 3 is 1.76 bits per heavy atom. The van der Waals surface area contributed by atoms with E-state index in [1.54, 1.807) is 11.3 Å². The average Bonchev–Trinajstić information content (AvgIpc) is 3.41. The lowest BCUT2D eigenvalue weighted by atomic mass is 10.1. The summed E-state index contributed by atoms with van der Waals surface area (Å²) in [6.45, 7) is 0. The molecule has 0 saturated carbocycles. The van der Waals surface area contributed by atoms with Crippen molar-refractivity contribution in [3.05, 3.63) is 121 Å². The van der Waals surface area contributed by atoms with Gasteiger partial charge in [-0.15, -0.1) is 11.3 Å². The zero-order valence-corrected chi connectivity index (χ0v) is 20.6. The molecule has 0 spiro atoms. The van der Waals surface area contributed by atoms with E-state index >= 15 is 0 Å². The minimum absolute atomic E-state index is 0.648. The van der Waals surface area contributed by atoms with E-state index in [0.717, 1.165) is 37.5 Å². The van der Waals surface area contributed by atoms with Crippen molar-refractivity contribution in [2.24, 2.45) is 0 Å². The van der Waals surface area contributed by atoms with Gasteiger partial charge in [0.25, 0.3) is 0 Å². The van der Waals surface area contributed by atoms with Gasteiger partial charge in [-0.1, -0.05) is 103 Å². The highest BCUT2D eigenvalue weighted by Gasteiger charge is 2.14. The van der Waals surface area contributed by atoms with Crippen LogP contribution in [0.15, 0.2) is 121 Å². The van der Waals surface area contributed by atoms with E-state index in [2.05, 4.69) is 54.6 Å². The quantitative estimate of drug-likeness (QED) is 0.248. The number of thiazole rings is 1. The van der Waals surface area contributed by atoms with E-state index in [-0.39, 0.29) is 0 Å². The first kappa shape index (κ1) is 21.5. The van der Waals surface area contributed by atoms with E-state index in [1.807, 2.05) is 66.7 Å². The van der Waals surface area contributed by atoms with Gasteiger partial charge in [0.05, 0.1) is 10.2 Å². The Hall–Kier alpha value is -4.74. The highest BCUT2D eigenvalue weighted by molar-refractivity contribution is 7.21. The number of hydrogen-bond acceptors (Lipinski definition) is 5. The third kappa shape index (κ3) is 4.05. The van der Waals surface area contributed by atoms with Crippen molar-refractivity contribution in [1.82, 2.24) is 19.9 Å². The van der Waals surface area contributed by atoms with Crippen LogP contribution >= 0.6 is 11.3 Å². The Labute approximate surface area is 218 Å². The lowest BCUT2D eigenvalue weighted by Crippen LogP contribution is -1.99. The maximum atomic E-state index is 4.96. The molecule has 0 radical (unpaired) electrons. The standard InChI is InChI=1S/C32H20N4S/c1-3-11-22(12-4-1)29-34-30(23-13-5-2-6-14-23)36-31(35-29)24-18-19-27-28(20-24)37-32(33-27)26-17-9-15-21-10-7-8-16-25(21)26/h1-20H. The molecule has 7 aromatic rings. The van der Waals surface area contributed by atoms with Crippen LogP contribution in [-0.4, -0.2) is 19.9 Å². The predicted octanol–water partition coefficient (Wildman–Crippen LogP) is 8.30. The molecular weight excluding hydrogens is 472 g/mol. The van der Waals surface area contributed by atoms with Crippen molar-refractivity contribution < 1.29 is 0 Å². The van der Waals surface area contributed by atoms with Crippen LogP contribution in [0.4, 0.5) is 0 Å². The van der Waals surface area contributed by atoms with Crippen LogP contribution in [-0.2, 0) is 0 Å². The summed E-state index contributed by atoms with van der Waals surface area (Å²) in [5.74, 6) is 1.96. The zero-order valence-electron chi connectivity index (χ0n) is 19.7. The Balaban J connectivity index is 1.37. The maximum Gasteiger partial charge on any atom is 0.164 e. The summed E-state index contributed by atoms with van der Waals surface area (Å²) in [5, 5.41) is 3.43. The first-order valence-corrected chi connectivity index (χ1v) is 12.9. The normalized spacial score (nSPS) is 11.2. The molecule has 7 rings (SSSR count). The van der Waals surface area contributed by atoms with Crippen LogP contribution in [0.2, 0.25) is 0 Å². The van der Waals surface area contributed by atoms with E-state index in [1.165, 1.54) is 10.8 Å². The summed E-state index contributed by atoms with van der Waals surface area (Å²) in [5.41, 5.74) is 4.98. The third-order valence-corrected chi connectivity index (χ3v) is 7.42.